The van der Waals surface area contributed by atoms with Crippen molar-refractivity contribution in [1.82, 2.24) is 9.36 Å². The topological polar surface area (TPSA) is 63.1 Å². The number of carboxylic acid groups (broad SMARTS) is 1. The van der Waals surface area contributed by atoms with Crippen molar-refractivity contribution >= 4 is 29.3 Å². The monoisotopic (exact) mass is 260 g/mol. The van der Waals surface area contributed by atoms with Gasteiger partial charge in [-0.15, -0.1) is 0 Å². The third kappa shape index (κ3) is 3.18. The van der Waals surface area contributed by atoms with Gasteiger partial charge in [-0.3, -0.25) is 4.79 Å². The lowest BCUT2D eigenvalue weighted by Crippen LogP contribution is -2.26. The predicted molar refractivity (Wildman–Crippen MR) is 66.2 cm³/mol. The van der Waals surface area contributed by atoms with E-state index < -0.39 is 10.7 Å². The zero-order valence-corrected chi connectivity index (χ0v) is 11.7. The minimum absolute atomic E-state index is 0.0946. The van der Waals surface area contributed by atoms with E-state index >= 15 is 0 Å². The van der Waals surface area contributed by atoms with Crippen LogP contribution in [-0.2, 0) is 10.2 Å². The van der Waals surface area contributed by atoms with Gasteiger partial charge in [0.25, 0.3) is 0 Å². The number of aromatic nitrogens is 2. The summed E-state index contributed by atoms with van der Waals surface area (Å²) in [5.74, 6) is -0.0776. The van der Waals surface area contributed by atoms with Gasteiger partial charge in [-0.2, -0.15) is 4.37 Å². The molecular weight excluding hydrogens is 244 g/mol. The number of aliphatic carboxylic acids is 1. The van der Waals surface area contributed by atoms with Crippen molar-refractivity contribution in [3.05, 3.63) is 5.82 Å². The SMILES string of the molecule is CC(C)(Sc1nc(C(C)(C)C)ns1)C(=O)O. The maximum absolute atomic E-state index is 11.0. The van der Waals surface area contributed by atoms with Crippen LogP contribution in [0.25, 0.3) is 0 Å². The molecule has 1 aromatic rings. The summed E-state index contributed by atoms with van der Waals surface area (Å²) in [5.41, 5.74) is -0.0946. The summed E-state index contributed by atoms with van der Waals surface area (Å²) < 4.78 is 4.09. The molecule has 1 N–H and O–H groups in total. The van der Waals surface area contributed by atoms with E-state index in [1.54, 1.807) is 13.8 Å². The van der Waals surface area contributed by atoms with Crippen molar-refractivity contribution < 1.29 is 9.90 Å². The van der Waals surface area contributed by atoms with Crippen LogP contribution in [0.15, 0.2) is 4.34 Å². The van der Waals surface area contributed by atoms with E-state index in [9.17, 15) is 4.79 Å². The van der Waals surface area contributed by atoms with E-state index in [1.807, 2.05) is 20.8 Å². The third-order valence-electron chi connectivity index (χ3n) is 1.94. The molecule has 1 rings (SSSR count). The van der Waals surface area contributed by atoms with Crippen LogP contribution in [0.2, 0.25) is 0 Å². The zero-order chi connectivity index (χ0) is 12.6. The average Bonchev–Trinajstić information content (AvgIpc) is 2.50. The highest BCUT2D eigenvalue weighted by atomic mass is 32.2. The minimum Gasteiger partial charge on any atom is -0.480 e. The van der Waals surface area contributed by atoms with Gasteiger partial charge in [-0.05, 0) is 25.4 Å². The molecule has 0 radical (unpaired) electrons. The van der Waals surface area contributed by atoms with Crippen molar-refractivity contribution in [3.8, 4) is 0 Å². The van der Waals surface area contributed by atoms with Crippen LogP contribution in [-0.4, -0.2) is 25.2 Å². The Hall–Kier alpha value is -0.620. The Morgan fingerprint density at radius 3 is 2.25 bits per heavy atom. The molecule has 1 heterocycles. The Morgan fingerprint density at radius 1 is 1.31 bits per heavy atom. The van der Waals surface area contributed by atoms with Crippen LogP contribution in [0, 0.1) is 0 Å². The second-order valence-corrected chi connectivity index (χ2v) is 7.67. The van der Waals surface area contributed by atoms with Crippen LogP contribution in [0.4, 0.5) is 0 Å². The molecule has 0 aliphatic carbocycles. The zero-order valence-electron chi connectivity index (χ0n) is 10.1. The summed E-state index contributed by atoms with van der Waals surface area (Å²) >= 11 is 2.50. The number of nitrogens with zero attached hydrogens (tertiary/aromatic N) is 2. The van der Waals surface area contributed by atoms with Gasteiger partial charge in [-0.1, -0.05) is 32.5 Å². The molecule has 90 valence electrons. The summed E-state index contributed by atoms with van der Waals surface area (Å²) in [4.78, 5) is 15.3. The van der Waals surface area contributed by atoms with Crippen LogP contribution in [0.1, 0.15) is 40.4 Å². The van der Waals surface area contributed by atoms with Crippen molar-refractivity contribution in [2.45, 2.75) is 49.1 Å². The third-order valence-corrected chi connectivity index (χ3v) is 3.87. The van der Waals surface area contributed by atoms with Gasteiger partial charge in [0.1, 0.15) is 10.6 Å². The van der Waals surface area contributed by atoms with Gasteiger partial charge < -0.3 is 5.11 Å². The highest BCUT2D eigenvalue weighted by Crippen LogP contribution is 2.35. The first-order valence-corrected chi connectivity index (χ1v) is 6.48. The number of carbonyl (C=O) groups is 1. The van der Waals surface area contributed by atoms with Crippen molar-refractivity contribution in [2.24, 2.45) is 0 Å². The van der Waals surface area contributed by atoms with Crippen LogP contribution >= 0.6 is 23.3 Å². The van der Waals surface area contributed by atoms with Crippen molar-refractivity contribution in [1.29, 1.82) is 0 Å². The molecule has 6 heteroatoms. The fraction of sp³-hybridized carbons (Fsp3) is 0.700. The molecule has 0 aromatic carbocycles. The lowest BCUT2D eigenvalue weighted by atomic mass is 9.96. The van der Waals surface area contributed by atoms with E-state index in [1.165, 1.54) is 23.3 Å². The maximum Gasteiger partial charge on any atom is 0.319 e. The van der Waals surface area contributed by atoms with Gasteiger partial charge in [0.05, 0.1) is 0 Å². The Balaban J connectivity index is 2.85. The fourth-order valence-electron chi connectivity index (χ4n) is 0.818. The first kappa shape index (κ1) is 13.4. The molecule has 0 aliphatic heterocycles. The summed E-state index contributed by atoms with van der Waals surface area (Å²) in [5, 5.41) is 9.00. The Morgan fingerprint density at radius 2 is 1.88 bits per heavy atom. The molecule has 0 bridgehead atoms. The average molecular weight is 260 g/mol. The predicted octanol–water partition coefficient (Wildman–Crippen LogP) is 2.79. The molecule has 4 nitrogen and oxygen atoms in total. The Labute approximate surface area is 104 Å². The smallest absolute Gasteiger partial charge is 0.319 e. The van der Waals surface area contributed by atoms with Gasteiger partial charge in [0.15, 0.2) is 4.34 Å². The lowest BCUT2D eigenvalue weighted by Gasteiger charge is -2.16. The summed E-state index contributed by atoms with van der Waals surface area (Å²) in [6.07, 6.45) is 0. The van der Waals surface area contributed by atoms with E-state index in [2.05, 4.69) is 9.36 Å². The van der Waals surface area contributed by atoms with Gasteiger partial charge in [0.2, 0.25) is 0 Å². The second kappa shape index (κ2) is 4.33. The molecule has 1 aromatic heterocycles. The summed E-state index contributed by atoms with van der Waals surface area (Å²) in [6.45, 7) is 9.43. The van der Waals surface area contributed by atoms with Crippen molar-refractivity contribution in [3.63, 3.8) is 0 Å². The fourth-order valence-corrected chi connectivity index (χ4v) is 2.97. The quantitative estimate of drug-likeness (QED) is 0.847. The highest BCUT2D eigenvalue weighted by molar-refractivity contribution is 8.02. The highest BCUT2D eigenvalue weighted by Gasteiger charge is 2.31. The number of rotatable bonds is 3. The molecule has 0 saturated carbocycles. The van der Waals surface area contributed by atoms with Gasteiger partial charge in [0, 0.05) is 5.41 Å². The molecule has 0 aliphatic rings. The van der Waals surface area contributed by atoms with Crippen LogP contribution in [0.3, 0.4) is 0 Å². The molecule has 0 atom stereocenters. The summed E-state index contributed by atoms with van der Waals surface area (Å²) in [6, 6.07) is 0. The number of thioether (sulfide) groups is 1. The number of hydrogen-bond acceptors (Lipinski definition) is 5. The minimum atomic E-state index is -0.866. The molecule has 0 fully saturated rings. The molecule has 16 heavy (non-hydrogen) atoms. The molecular formula is C10H16N2O2S2. The van der Waals surface area contributed by atoms with E-state index in [0.717, 1.165) is 5.82 Å². The van der Waals surface area contributed by atoms with E-state index in [4.69, 9.17) is 5.11 Å². The first-order valence-electron chi connectivity index (χ1n) is 4.89. The number of carboxylic acids is 1. The summed E-state index contributed by atoms with van der Waals surface area (Å²) in [7, 11) is 0. The molecule has 0 spiro atoms. The number of hydrogen-bond donors (Lipinski definition) is 1. The van der Waals surface area contributed by atoms with Gasteiger partial charge in [-0.25, -0.2) is 4.98 Å². The van der Waals surface area contributed by atoms with E-state index in [-0.39, 0.29) is 5.41 Å². The van der Waals surface area contributed by atoms with Gasteiger partial charge >= 0.3 is 5.97 Å². The Bertz CT molecular complexity index is 394. The second-order valence-electron chi connectivity index (χ2n) is 5.05. The Kier molecular flexibility index (Phi) is 3.64. The first-order chi connectivity index (χ1) is 7.13. The van der Waals surface area contributed by atoms with E-state index in [0.29, 0.717) is 4.34 Å². The normalized spacial score (nSPS) is 12.8. The molecule has 0 amide bonds. The van der Waals surface area contributed by atoms with Crippen LogP contribution < -0.4 is 0 Å². The molecule has 0 unspecified atom stereocenters. The largest absolute Gasteiger partial charge is 0.480 e. The van der Waals surface area contributed by atoms with Crippen LogP contribution in [0.5, 0.6) is 0 Å². The maximum atomic E-state index is 11.0. The van der Waals surface area contributed by atoms with Crippen molar-refractivity contribution in [2.75, 3.05) is 0 Å². The standard InChI is InChI=1S/C10H16N2O2S2/c1-9(2,3)6-11-8(16-12-6)15-10(4,5)7(13)14/h1-5H3,(H,13,14). The lowest BCUT2D eigenvalue weighted by molar-refractivity contribution is -0.138. The molecule has 0 saturated heterocycles.